The molecule has 16 heavy (non-hydrogen) atoms. The molecular formula is C12H16O4. The van der Waals surface area contributed by atoms with E-state index in [0.29, 0.717) is 12.4 Å². The van der Waals surface area contributed by atoms with E-state index in [1.54, 1.807) is 26.0 Å². The number of benzene rings is 1. The molecule has 0 saturated heterocycles. The molecule has 0 radical (unpaired) electrons. The third kappa shape index (κ3) is 3.55. The van der Waals surface area contributed by atoms with Gasteiger partial charge in [-0.25, -0.2) is 4.79 Å². The van der Waals surface area contributed by atoms with Gasteiger partial charge in [0.1, 0.15) is 11.9 Å². The molecule has 88 valence electrons. The highest BCUT2D eigenvalue weighted by Crippen LogP contribution is 2.13. The van der Waals surface area contributed by atoms with Crippen LogP contribution in [0.4, 0.5) is 0 Å². The molecule has 0 aromatic heterocycles. The lowest BCUT2D eigenvalue weighted by atomic mass is 10.2. The van der Waals surface area contributed by atoms with Gasteiger partial charge in [-0.2, -0.15) is 0 Å². The monoisotopic (exact) mass is 224 g/mol. The average molecular weight is 224 g/mol. The molecule has 1 aromatic carbocycles. The van der Waals surface area contributed by atoms with E-state index in [4.69, 9.17) is 14.6 Å². The normalized spacial score (nSPS) is 14.1. The number of hydrogen-bond acceptors (Lipinski definition) is 3. The number of aliphatic carboxylic acids is 1. The number of carbonyl (C=O) groups is 1. The second kappa shape index (κ2) is 6.12. The van der Waals surface area contributed by atoms with E-state index >= 15 is 0 Å². The number of hydrogen-bond donors (Lipinski definition) is 1. The lowest BCUT2D eigenvalue weighted by molar-refractivity contribution is -0.155. The molecular weight excluding hydrogens is 208 g/mol. The maximum atomic E-state index is 10.9. The van der Waals surface area contributed by atoms with Crippen molar-refractivity contribution >= 4 is 5.97 Å². The largest absolute Gasteiger partial charge is 0.487 e. The standard InChI is InChI=1S/C12H16O4/c1-3-15-11(12(13)14)9(2)16-10-7-5-4-6-8-10/h4-9,11H,3H2,1-2H3,(H,13,14). The van der Waals surface area contributed by atoms with E-state index in [-0.39, 0.29) is 0 Å². The van der Waals surface area contributed by atoms with Gasteiger partial charge < -0.3 is 14.6 Å². The third-order valence-corrected chi connectivity index (χ3v) is 2.08. The number of carboxylic acids is 1. The fourth-order valence-corrected chi connectivity index (χ4v) is 1.36. The minimum atomic E-state index is -1.01. The molecule has 4 heteroatoms. The molecule has 0 aliphatic carbocycles. The van der Waals surface area contributed by atoms with Crippen molar-refractivity contribution in [2.75, 3.05) is 6.61 Å². The van der Waals surface area contributed by atoms with Crippen molar-refractivity contribution < 1.29 is 19.4 Å². The Hall–Kier alpha value is -1.55. The average Bonchev–Trinajstić information content (AvgIpc) is 2.26. The molecule has 4 nitrogen and oxygen atoms in total. The van der Waals surface area contributed by atoms with Gasteiger partial charge in [-0.15, -0.1) is 0 Å². The minimum absolute atomic E-state index is 0.347. The summed E-state index contributed by atoms with van der Waals surface area (Å²) in [6, 6.07) is 9.09. The first kappa shape index (κ1) is 12.5. The van der Waals surface area contributed by atoms with Crippen molar-refractivity contribution in [2.24, 2.45) is 0 Å². The van der Waals surface area contributed by atoms with Crippen LogP contribution < -0.4 is 4.74 Å². The van der Waals surface area contributed by atoms with Crippen LogP contribution in [0.25, 0.3) is 0 Å². The van der Waals surface area contributed by atoms with Crippen molar-refractivity contribution in [3.05, 3.63) is 30.3 Å². The van der Waals surface area contributed by atoms with Gasteiger partial charge >= 0.3 is 5.97 Å². The van der Waals surface area contributed by atoms with Crippen LogP contribution in [0.2, 0.25) is 0 Å². The summed E-state index contributed by atoms with van der Waals surface area (Å²) in [5.74, 6) is -0.369. The molecule has 2 atom stereocenters. The maximum absolute atomic E-state index is 10.9. The lowest BCUT2D eigenvalue weighted by Crippen LogP contribution is -2.38. The summed E-state index contributed by atoms with van der Waals surface area (Å²) in [5.41, 5.74) is 0. The Morgan fingerprint density at radius 1 is 1.38 bits per heavy atom. The summed E-state index contributed by atoms with van der Waals surface area (Å²) in [4.78, 5) is 10.9. The Labute approximate surface area is 94.8 Å². The number of carboxylic acid groups (broad SMARTS) is 1. The summed E-state index contributed by atoms with van der Waals surface area (Å²) in [6.07, 6.45) is -1.47. The number of ether oxygens (including phenoxy) is 2. The number of rotatable bonds is 6. The highest BCUT2D eigenvalue weighted by Gasteiger charge is 2.26. The molecule has 0 heterocycles. The summed E-state index contributed by atoms with van der Waals surface area (Å²) < 4.78 is 10.6. The Kier molecular flexibility index (Phi) is 4.79. The van der Waals surface area contributed by atoms with E-state index in [0.717, 1.165) is 0 Å². The smallest absolute Gasteiger partial charge is 0.336 e. The van der Waals surface area contributed by atoms with Crippen LogP contribution in [0.3, 0.4) is 0 Å². The maximum Gasteiger partial charge on any atom is 0.336 e. The highest BCUT2D eigenvalue weighted by atomic mass is 16.6. The van der Waals surface area contributed by atoms with E-state index < -0.39 is 18.2 Å². The molecule has 0 amide bonds. The highest BCUT2D eigenvalue weighted by molar-refractivity contribution is 5.73. The molecule has 1 rings (SSSR count). The van der Waals surface area contributed by atoms with Gasteiger partial charge in [0.2, 0.25) is 0 Å². The summed E-state index contributed by atoms with van der Waals surface area (Å²) >= 11 is 0. The van der Waals surface area contributed by atoms with Crippen molar-refractivity contribution in [3.63, 3.8) is 0 Å². The van der Waals surface area contributed by atoms with Crippen LogP contribution in [0.15, 0.2) is 30.3 Å². The second-order valence-corrected chi connectivity index (χ2v) is 3.35. The molecule has 0 spiro atoms. The van der Waals surface area contributed by atoms with Crippen LogP contribution in [0.5, 0.6) is 5.75 Å². The first-order valence-electron chi connectivity index (χ1n) is 5.21. The Morgan fingerprint density at radius 3 is 2.50 bits per heavy atom. The molecule has 0 aliphatic rings. The van der Waals surface area contributed by atoms with Gasteiger partial charge in [-0.05, 0) is 26.0 Å². The third-order valence-electron chi connectivity index (χ3n) is 2.08. The molecule has 0 saturated carbocycles. The number of para-hydroxylation sites is 1. The summed E-state index contributed by atoms with van der Waals surface area (Å²) in [5, 5.41) is 8.95. The summed E-state index contributed by atoms with van der Waals surface area (Å²) in [7, 11) is 0. The van der Waals surface area contributed by atoms with Crippen molar-refractivity contribution in [1.82, 2.24) is 0 Å². The van der Waals surface area contributed by atoms with Crippen LogP contribution in [0, 0.1) is 0 Å². The van der Waals surface area contributed by atoms with E-state index in [1.165, 1.54) is 0 Å². The van der Waals surface area contributed by atoms with E-state index in [2.05, 4.69) is 0 Å². The molecule has 1 N–H and O–H groups in total. The Morgan fingerprint density at radius 2 is 2.00 bits per heavy atom. The van der Waals surface area contributed by atoms with Gasteiger partial charge in [0, 0.05) is 6.61 Å². The van der Waals surface area contributed by atoms with Gasteiger partial charge in [-0.1, -0.05) is 18.2 Å². The van der Waals surface area contributed by atoms with Crippen molar-refractivity contribution in [1.29, 1.82) is 0 Å². The van der Waals surface area contributed by atoms with E-state index in [9.17, 15) is 4.79 Å². The van der Waals surface area contributed by atoms with Crippen LogP contribution in [-0.4, -0.2) is 29.9 Å². The van der Waals surface area contributed by atoms with Gasteiger partial charge in [0.25, 0.3) is 0 Å². The van der Waals surface area contributed by atoms with Crippen LogP contribution >= 0.6 is 0 Å². The molecule has 0 aliphatic heterocycles. The fourth-order valence-electron chi connectivity index (χ4n) is 1.36. The minimum Gasteiger partial charge on any atom is -0.487 e. The summed E-state index contributed by atoms with van der Waals surface area (Å²) in [6.45, 7) is 3.78. The lowest BCUT2D eigenvalue weighted by Gasteiger charge is -2.21. The molecule has 2 unspecified atom stereocenters. The van der Waals surface area contributed by atoms with E-state index in [1.807, 2.05) is 18.2 Å². The Balaban J connectivity index is 2.62. The second-order valence-electron chi connectivity index (χ2n) is 3.35. The quantitative estimate of drug-likeness (QED) is 0.802. The predicted molar refractivity (Wildman–Crippen MR) is 59.6 cm³/mol. The first-order valence-corrected chi connectivity index (χ1v) is 5.21. The molecule has 0 bridgehead atoms. The predicted octanol–water partition coefficient (Wildman–Crippen LogP) is 1.94. The van der Waals surface area contributed by atoms with Crippen molar-refractivity contribution in [2.45, 2.75) is 26.1 Å². The zero-order valence-electron chi connectivity index (χ0n) is 9.42. The SMILES string of the molecule is CCOC(C(=O)O)C(C)Oc1ccccc1. The van der Waals surface area contributed by atoms with Crippen LogP contribution in [0.1, 0.15) is 13.8 Å². The topological polar surface area (TPSA) is 55.8 Å². The van der Waals surface area contributed by atoms with Crippen LogP contribution in [-0.2, 0) is 9.53 Å². The fraction of sp³-hybridized carbons (Fsp3) is 0.417. The zero-order valence-corrected chi connectivity index (χ0v) is 9.42. The molecule has 1 aromatic rings. The van der Waals surface area contributed by atoms with Gasteiger partial charge in [0.05, 0.1) is 0 Å². The van der Waals surface area contributed by atoms with Crippen molar-refractivity contribution in [3.8, 4) is 5.75 Å². The van der Waals surface area contributed by atoms with Gasteiger partial charge in [-0.3, -0.25) is 0 Å². The van der Waals surface area contributed by atoms with Gasteiger partial charge in [0.15, 0.2) is 6.10 Å². The first-order chi connectivity index (χ1) is 7.65. The zero-order chi connectivity index (χ0) is 12.0. The molecule has 0 fully saturated rings. The Bertz CT molecular complexity index is 323.